The van der Waals surface area contributed by atoms with Crippen LogP contribution in [-0.2, 0) is 13.1 Å². The Kier molecular flexibility index (Phi) is 4.41. The molecule has 0 amide bonds. The molecule has 0 bridgehead atoms. The Morgan fingerprint density at radius 3 is 2.95 bits per heavy atom. The van der Waals surface area contributed by atoms with Crippen LogP contribution in [0.2, 0.25) is 5.02 Å². The highest BCUT2D eigenvalue weighted by molar-refractivity contribution is 7.07. The average Bonchev–Trinajstić information content (AvgIpc) is 2.81. The minimum atomic E-state index is -1.07. The van der Waals surface area contributed by atoms with Crippen molar-refractivity contribution in [3.8, 4) is 0 Å². The first kappa shape index (κ1) is 13.9. The van der Waals surface area contributed by atoms with E-state index in [2.05, 4.69) is 14.9 Å². The van der Waals surface area contributed by atoms with Crippen molar-refractivity contribution in [3.63, 3.8) is 0 Å². The Balaban J connectivity index is 2.01. The fourth-order valence-corrected chi connectivity index (χ4v) is 2.24. The first-order valence-electron chi connectivity index (χ1n) is 5.27. The van der Waals surface area contributed by atoms with E-state index in [0.717, 1.165) is 11.5 Å². The molecule has 2 N–H and O–H groups in total. The van der Waals surface area contributed by atoms with Crippen LogP contribution in [0.25, 0.3) is 0 Å². The summed E-state index contributed by atoms with van der Waals surface area (Å²) in [6.07, 6.45) is 0. The molecule has 19 heavy (non-hydrogen) atoms. The topological polar surface area (TPSA) is 75.1 Å². The molecule has 100 valence electrons. The molecule has 2 rings (SSSR count). The van der Waals surface area contributed by atoms with Crippen molar-refractivity contribution >= 4 is 29.1 Å². The van der Waals surface area contributed by atoms with Gasteiger partial charge in [-0.1, -0.05) is 22.2 Å². The predicted molar refractivity (Wildman–Crippen MR) is 68.8 cm³/mol. The van der Waals surface area contributed by atoms with Gasteiger partial charge in [0.05, 0.1) is 0 Å². The molecular formula is C11H9ClFN3O2S. The van der Waals surface area contributed by atoms with Gasteiger partial charge in [0, 0.05) is 23.7 Å². The van der Waals surface area contributed by atoms with Gasteiger partial charge in [0.2, 0.25) is 0 Å². The molecule has 0 aliphatic heterocycles. The molecule has 0 radical (unpaired) electrons. The van der Waals surface area contributed by atoms with Crippen molar-refractivity contribution in [2.24, 2.45) is 0 Å². The zero-order chi connectivity index (χ0) is 13.8. The summed E-state index contributed by atoms with van der Waals surface area (Å²) in [5, 5.41) is 15.8. The lowest BCUT2D eigenvalue weighted by atomic mass is 10.2. The standard InChI is InChI=1S/C11H9ClFN3O2S/c12-7-2-1-3-8(13)6(7)4-14-5-9-10(11(17)18)19-16-15-9/h1-3,14H,4-5H2,(H,17,18). The summed E-state index contributed by atoms with van der Waals surface area (Å²) < 4.78 is 17.1. The first-order valence-corrected chi connectivity index (χ1v) is 6.43. The molecule has 0 unspecified atom stereocenters. The molecule has 0 saturated carbocycles. The van der Waals surface area contributed by atoms with Crippen LogP contribution >= 0.6 is 23.1 Å². The number of carboxylic acids is 1. The number of carboxylic acid groups (broad SMARTS) is 1. The molecule has 0 fully saturated rings. The second-order valence-corrected chi connectivity index (χ2v) is 4.82. The van der Waals surface area contributed by atoms with Crippen molar-refractivity contribution in [2.45, 2.75) is 13.1 Å². The number of hydrogen-bond donors (Lipinski definition) is 2. The van der Waals surface area contributed by atoms with Crippen LogP contribution < -0.4 is 5.32 Å². The van der Waals surface area contributed by atoms with E-state index in [9.17, 15) is 9.18 Å². The van der Waals surface area contributed by atoms with Crippen molar-refractivity contribution in [3.05, 3.63) is 45.2 Å². The van der Waals surface area contributed by atoms with E-state index in [0.29, 0.717) is 16.3 Å². The summed E-state index contributed by atoms with van der Waals surface area (Å²) in [6, 6.07) is 4.43. The number of rotatable bonds is 5. The van der Waals surface area contributed by atoms with E-state index in [-0.39, 0.29) is 18.0 Å². The second-order valence-electron chi connectivity index (χ2n) is 3.66. The second kappa shape index (κ2) is 6.05. The maximum absolute atomic E-state index is 13.5. The Hall–Kier alpha value is -1.57. The van der Waals surface area contributed by atoms with Gasteiger partial charge >= 0.3 is 5.97 Å². The molecule has 1 aromatic carbocycles. The predicted octanol–water partition coefficient (Wildman–Crippen LogP) is 2.32. The third kappa shape index (κ3) is 3.25. The van der Waals surface area contributed by atoms with Crippen LogP contribution in [0.15, 0.2) is 18.2 Å². The molecule has 0 spiro atoms. The van der Waals surface area contributed by atoms with Crippen molar-refractivity contribution in [1.82, 2.24) is 14.9 Å². The van der Waals surface area contributed by atoms with Crippen molar-refractivity contribution < 1.29 is 14.3 Å². The van der Waals surface area contributed by atoms with E-state index in [1.165, 1.54) is 12.1 Å². The first-order chi connectivity index (χ1) is 9.09. The zero-order valence-corrected chi connectivity index (χ0v) is 11.1. The highest BCUT2D eigenvalue weighted by Gasteiger charge is 2.15. The molecule has 5 nitrogen and oxygen atoms in total. The van der Waals surface area contributed by atoms with E-state index in [1.54, 1.807) is 6.07 Å². The monoisotopic (exact) mass is 301 g/mol. The summed E-state index contributed by atoms with van der Waals surface area (Å²) in [5.41, 5.74) is 0.661. The van der Waals surface area contributed by atoms with Gasteiger partial charge in [0.25, 0.3) is 0 Å². The van der Waals surface area contributed by atoms with Gasteiger partial charge in [-0.25, -0.2) is 9.18 Å². The number of hydrogen-bond acceptors (Lipinski definition) is 5. The van der Waals surface area contributed by atoms with Gasteiger partial charge in [-0.15, -0.1) is 5.10 Å². The molecule has 1 aromatic heterocycles. The van der Waals surface area contributed by atoms with Gasteiger partial charge in [-0.3, -0.25) is 0 Å². The minimum Gasteiger partial charge on any atom is -0.477 e. The number of nitrogens with one attached hydrogen (secondary N) is 1. The maximum Gasteiger partial charge on any atom is 0.349 e. The fourth-order valence-electron chi connectivity index (χ4n) is 1.49. The summed E-state index contributed by atoms with van der Waals surface area (Å²) >= 11 is 6.68. The molecule has 0 atom stereocenters. The number of carbonyl (C=O) groups is 1. The fraction of sp³-hybridized carbons (Fsp3) is 0.182. The van der Waals surface area contributed by atoms with Gasteiger partial charge in [0.15, 0.2) is 4.88 Å². The summed E-state index contributed by atoms with van der Waals surface area (Å²) in [4.78, 5) is 10.9. The average molecular weight is 302 g/mol. The lowest BCUT2D eigenvalue weighted by molar-refractivity contribution is 0.0700. The molecule has 0 aliphatic rings. The van der Waals surface area contributed by atoms with Gasteiger partial charge in [-0.05, 0) is 23.7 Å². The number of benzene rings is 1. The SMILES string of the molecule is O=C(O)c1snnc1CNCc1c(F)cccc1Cl. The number of halogens is 2. The third-order valence-corrected chi connectivity index (χ3v) is 3.52. The Labute approximate surface area is 117 Å². The van der Waals surface area contributed by atoms with Crippen LogP contribution in [0, 0.1) is 5.82 Å². The molecule has 8 heteroatoms. The van der Waals surface area contributed by atoms with Crippen molar-refractivity contribution in [2.75, 3.05) is 0 Å². The summed E-state index contributed by atoms with van der Waals surface area (Å²) in [6.45, 7) is 0.366. The molecular weight excluding hydrogens is 293 g/mol. The van der Waals surface area contributed by atoms with Crippen LogP contribution in [0.4, 0.5) is 4.39 Å². The van der Waals surface area contributed by atoms with Gasteiger partial charge in [-0.2, -0.15) is 0 Å². The summed E-state index contributed by atoms with van der Waals surface area (Å²) in [5.74, 6) is -1.48. The normalized spacial score (nSPS) is 10.6. The van der Waals surface area contributed by atoms with E-state index in [1.807, 2.05) is 0 Å². The van der Waals surface area contributed by atoms with Crippen LogP contribution in [0.5, 0.6) is 0 Å². The summed E-state index contributed by atoms with van der Waals surface area (Å²) in [7, 11) is 0. The molecule has 1 heterocycles. The number of nitrogens with zero attached hydrogens (tertiary/aromatic N) is 2. The Bertz CT molecular complexity index is 585. The molecule has 0 saturated heterocycles. The van der Waals surface area contributed by atoms with Gasteiger partial charge < -0.3 is 10.4 Å². The lowest BCUT2D eigenvalue weighted by Gasteiger charge is -2.06. The van der Waals surface area contributed by atoms with E-state index >= 15 is 0 Å². The highest BCUT2D eigenvalue weighted by Crippen LogP contribution is 2.19. The lowest BCUT2D eigenvalue weighted by Crippen LogP contribution is -2.16. The number of aromatic carboxylic acids is 1. The number of aromatic nitrogens is 2. The minimum absolute atomic E-state index is 0.0760. The quantitative estimate of drug-likeness (QED) is 0.886. The maximum atomic E-state index is 13.5. The largest absolute Gasteiger partial charge is 0.477 e. The molecule has 2 aromatic rings. The van der Waals surface area contributed by atoms with Crippen LogP contribution in [-0.4, -0.2) is 20.7 Å². The molecule has 0 aliphatic carbocycles. The zero-order valence-electron chi connectivity index (χ0n) is 9.56. The van der Waals surface area contributed by atoms with Crippen molar-refractivity contribution in [1.29, 1.82) is 0 Å². The van der Waals surface area contributed by atoms with Crippen LogP contribution in [0.3, 0.4) is 0 Å². The Morgan fingerprint density at radius 1 is 1.47 bits per heavy atom. The van der Waals surface area contributed by atoms with E-state index < -0.39 is 11.8 Å². The third-order valence-electron chi connectivity index (χ3n) is 2.41. The van der Waals surface area contributed by atoms with Gasteiger partial charge in [0.1, 0.15) is 11.5 Å². The Morgan fingerprint density at radius 2 is 2.26 bits per heavy atom. The van der Waals surface area contributed by atoms with E-state index in [4.69, 9.17) is 16.7 Å². The van der Waals surface area contributed by atoms with Crippen LogP contribution in [0.1, 0.15) is 20.9 Å². The highest BCUT2D eigenvalue weighted by atomic mass is 35.5. The smallest absolute Gasteiger partial charge is 0.349 e.